The first kappa shape index (κ1) is 25.1. The van der Waals surface area contributed by atoms with E-state index in [-0.39, 0.29) is 29.4 Å². The lowest BCUT2D eigenvalue weighted by molar-refractivity contribution is -0.106. The molecule has 2 heterocycles. The SMILES string of the molecule is CCNC(=NCc1ccccc1CN(C)Cc1ccco1)NC1C2CCOC2C1(C)C.I. The minimum atomic E-state index is 0. The van der Waals surface area contributed by atoms with Crippen molar-refractivity contribution in [1.29, 1.82) is 0 Å². The van der Waals surface area contributed by atoms with Crippen LogP contribution < -0.4 is 10.6 Å². The van der Waals surface area contributed by atoms with E-state index in [4.69, 9.17) is 14.1 Å². The van der Waals surface area contributed by atoms with E-state index in [1.165, 1.54) is 11.1 Å². The van der Waals surface area contributed by atoms with Crippen molar-refractivity contribution in [3.8, 4) is 0 Å². The predicted molar refractivity (Wildman–Crippen MR) is 139 cm³/mol. The van der Waals surface area contributed by atoms with Crippen LogP contribution in [0.2, 0.25) is 0 Å². The van der Waals surface area contributed by atoms with Crippen molar-refractivity contribution < 1.29 is 9.15 Å². The Kier molecular flexibility index (Phi) is 8.63. The number of aliphatic imine (C=N–C) groups is 1. The van der Waals surface area contributed by atoms with E-state index in [2.05, 4.69) is 67.6 Å². The van der Waals surface area contributed by atoms with Gasteiger partial charge in [-0.25, -0.2) is 4.99 Å². The molecular formula is C25H37IN4O2. The van der Waals surface area contributed by atoms with Gasteiger partial charge in [0.25, 0.3) is 0 Å². The van der Waals surface area contributed by atoms with Crippen molar-refractivity contribution in [3.05, 3.63) is 59.5 Å². The van der Waals surface area contributed by atoms with Gasteiger partial charge in [-0.1, -0.05) is 38.1 Å². The molecule has 1 aliphatic carbocycles. The van der Waals surface area contributed by atoms with Gasteiger partial charge in [0.15, 0.2) is 5.96 Å². The lowest BCUT2D eigenvalue weighted by Gasteiger charge is -2.54. The maximum atomic E-state index is 5.95. The highest BCUT2D eigenvalue weighted by Crippen LogP contribution is 2.52. The number of rotatable bonds is 8. The van der Waals surface area contributed by atoms with E-state index in [9.17, 15) is 0 Å². The third-order valence-electron chi connectivity index (χ3n) is 6.71. The van der Waals surface area contributed by atoms with Crippen LogP contribution in [0.4, 0.5) is 0 Å². The van der Waals surface area contributed by atoms with E-state index >= 15 is 0 Å². The summed E-state index contributed by atoms with van der Waals surface area (Å²) in [7, 11) is 2.12. The first-order chi connectivity index (χ1) is 15.0. The molecule has 3 atom stereocenters. The van der Waals surface area contributed by atoms with Crippen LogP contribution in [0.25, 0.3) is 0 Å². The first-order valence-electron chi connectivity index (χ1n) is 11.4. The number of ether oxygens (including phenoxy) is 1. The molecule has 0 spiro atoms. The smallest absolute Gasteiger partial charge is 0.191 e. The summed E-state index contributed by atoms with van der Waals surface area (Å²) < 4.78 is 11.4. The fourth-order valence-electron chi connectivity index (χ4n) is 5.13. The van der Waals surface area contributed by atoms with Crippen LogP contribution >= 0.6 is 24.0 Å². The Labute approximate surface area is 209 Å². The zero-order chi connectivity index (χ0) is 21.8. The van der Waals surface area contributed by atoms with Crippen molar-refractivity contribution in [3.63, 3.8) is 0 Å². The van der Waals surface area contributed by atoms with Gasteiger partial charge in [-0.2, -0.15) is 0 Å². The van der Waals surface area contributed by atoms with Crippen molar-refractivity contribution in [2.45, 2.75) is 59.0 Å². The standard InChI is InChI=1S/C25H36N4O2.HI/c1-5-26-24(28-22-21-12-14-31-23(21)25(22,2)3)27-15-18-9-6-7-10-19(18)16-29(4)17-20-11-8-13-30-20;/h6-11,13,21-23H,5,12,14-17H2,1-4H3,(H2,26,27,28);1H. The third-order valence-corrected chi connectivity index (χ3v) is 6.71. The summed E-state index contributed by atoms with van der Waals surface area (Å²) >= 11 is 0. The monoisotopic (exact) mass is 552 g/mol. The highest BCUT2D eigenvalue weighted by atomic mass is 127. The Bertz CT molecular complexity index is 884. The Hall–Kier alpha value is -1.58. The van der Waals surface area contributed by atoms with E-state index in [1.54, 1.807) is 6.26 Å². The van der Waals surface area contributed by atoms with E-state index in [1.807, 2.05) is 12.1 Å². The van der Waals surface area contributed by atoms with Crippen molar-refractivity contribution in [2.75, 3.05) is 20.2 Å². The molecule has 1 aromatic heterocycles. The molecule has 1 saturated carbocycles. The molecule has 4 rings (SSSR count). The minimum Gasteiger partial charge on any atom is -0.468 e. The van der Waals surface area contributed by atoms with Crippen LogP contribution in [-0.4, -0.2) is 43.2 Å². The second kappa shape index (κ2) is 11.0. The van der Waals surface area contributed by atoms with Gasteiger partial charge in [-0.15, -0.1) is 24.0 Å². The number of guanidine groups is 1. The topological polar surface area (TPSA) is 62.0 Å². The van der Waals surface area contributed by atoms with E-state index < -0.39 is 0 Å². The van der Waals surface area contributed by atoms with Crippen LogP contribution in [0.5, 0.6) is 0 Å². The fraction of sp³-hybridized carbons (Fsp3) is 0.560. The van der Waals surface area contributed by atoms with Gasteiger partial charge in [-0.3, -0.25) is 4.90 Å². The minimum absolute atomic E-state index is 0. The lowest BCUT2D eigenvalue weighted by atomic mass is 9.57. The number of nitrogens with one attached hydrogen (secondary N) is 2. The Morgan fingerprint density at radius 2 is 1.94 bits per heavy atom. The molecule has 7 heteroatoms. The number of hydrogen-bond acceptors (Lipinski definition) is 4. The van der Waals surface area contributed by atoms with Crippen molar-refractivity contribution in [1.82, 2.24) is 15.5 Å². The number of hydrogen-bond donors (Lipinski definition) is 2. The number of benzene rings is 1. The molecule has 0 amide bonds. The second-order valence-corrected chi connectivity index (χ2v) is 9.40. The molecule has 6 nitrogen and oxygen atoms in total. The molecule has 1 aromatic carbocycles. The predicted octanol–water partition coefficient (Wildman–Crippen LogP) is 4.40. The molecule has 2 aliphatic rings. The molecule has 0 bridgehead atoms. The molecular weight excluding hydrogens is 515 g/mol. The summed E-state index contributed by atoms with van der Waals surface area (Å²) in [5.41, 5.74) is 2.68. The van der Waals surface area contributed by atoms with Crippen LogP contribution in [-0.2, 0) is 24.4 Å². The number of nitrogens with zero attached hydrogens (tertiary/aromatic N) is 2. The van der Waals surface area contributed by atoms with Gasteiger partial charge in [0.05, 0.1) is 25.5 Å². The van der Waals surface area contributed by atoms with Gasteiger partial charge in [-0.05, 0) is 43.7 Å². The molecule has 1 saturated heterocycles. The normalized spacial score (nSPS) is 23.9. The maximum Gasteiger partial charge on any atom is 0.191 e. The summed E-state index contributed by atoms with van der Waals surface area (Å²) in [4.78, 5) is 7.21. The molecule has 1 aliphatic heterocycles. The largest absolute Gasteiger partial charge is 0.468 e. The fourth-order valence-corrected chi connectivity index (χ4v) is 5.13. The Morgan fingerprint density at radius 1 is 1.16 bits per heavy atom. The van der Waals surface area contributed by atoms with Gasteiger partial charge in [0.1, 0.15) is 5.76 Å². The molecule has 3 unspecified atom stereocenters. The molecule has 2 fully saturated rings. The number of furan rings is 1. The van der Waals surface area contributed by atoms with Crippen LogP contribution in [0.1, 0.15) is 44.1 Å². The number of fused-ring (bicyclic) bond motifs is 1. The summed E-state index contributed by atoms with van der Waals surface area (Å²) in [6.07, 6.45) is 3.23. The summed E-state index contributed by atoms with van der Waals surface area (Å²) in [6.45, 7) is 10.7. The Morgan fingerprint density at radius 3 is 2.66 bits per heavy atom. The van der Waals surface area contributed by atoms with Gasteiger partial charge < -0.3 is 19.8 Å². The summed E-state index contributed by atoms with van der Waals surface area (Å²) in [6, 6.07) is 12.9. The van der Waals surface area contributed by atoms with Gasteiger partial charge in [0, 0.05) is 37.1 Å². The quantitative estimate of drug-likeness (QED) is 0.289. The van der Waals surface area contributed by atoms with Crippen LogP contribution in [0.3, 0.4) is 0 Å². The van der Waals surface area contributed by atoms with E-state index in [0.29, 0.717) is 24.6 Å². The Balaban J connectivity index is 0.00000289. The molecule has 0 radical (unpaired) electrons. The molecule has 2 N–H and O–H groups in total. The average Bonchev–Trinajstić information content (AvgIpc) is 3.42. The van der Waals surface area contributed by atoms with Crippen LogP contribution in [0, 0.1) is 11.3 Å². The average molecular weight is 553 g/mol. The van der Waals surface area contributed by atoms with E-state index in [0.717, 1.165) is 44.4 Å². The first-order valence-corrected chi connectivity index (χ1v) is 11.4. The third kappa shape index (κ3) is 5.48. The second-order valence-electron chi connectivity index (χ2n) is 9.40. The van der Waals surface area contributed by atoms with Crippen molar-refractivity contribution in [2.24, 2.45) is 16.3 Å². The van der Waals surface area contributed by atoms with Crippen LogP contribution in [0.15, 0.2) is 52.1 Å². The van der Waals surface area contributed by atoms with Gasteiger partial charge >= 0.3 is 0 Å². The highest BCUT2D eigenvalue weighted by Gasteiger charge is 2.59. The zero-order valence-corrected chi connectivity index (χ0v) is 22.0. The lowest BCUT2D eigenvalue weighted by Crippen LogP contribution is -2.67. The maximum absolute atomic E-state index is 5.95. The highest BCUT2D eigenvalue weighted by molar-refractivity contribution is 14.0. The zero-order valence-electron chi connectivity index (χ0n) is 19.6. The summed E-state index contributed by atoms with van der Waals surface area (Å²) in [5.74, 6) is 2.46. The molecule has 176 valence electrons. The molecule has 2 aromatic rings. The van der Waals surface area contributed by atoms with Gasteiger partial charge in [0.2, 0.25) is 0 Å². The molecule has 32 heavy (non-hydrogen) atoms. The summed E-state index contributed by atoms with van der Waals surface area (Å²) in [5, 5.41) is 7.15. The van der Waals surface area contributed by atoms with Crippen molar-refractivity contribution >= 4 is 29.9 Å². The number of halogens is 1.